The number of carbonyl (C=O) groups is 1. The average Bonchev–Trinajstić information content (AvgIpc) is 2.28. The Morgan fingerprint density at radius 3 is 2.59 bits per heavy atom. The summed E-state index contributed by atoms with van der Waals surface area (Å²) >= 11 is 0. The minimum absolute atomic E-state index is 0.00634. The van der Waals surface area contributed by atoms with Gasteiger partial charge in [-0.15, -0.1) is 0 Å². The summed E-state index contributed by atoms with van der Waals surface area (Å²) in [6, 6.07) is 0. The van der Waals surface area contributed by atoms with E-state index < -0.39 is 5.54 Å². The normalized spacial score (nSPS) is 19.4. The summed E-state index contributed by atoms with van der Waals surface area (Å²) in [6.45, 7) is 6.22. The molecule has 0 radical (unpaired) electrons. The number of hydrogen-bond acceptors (Lipinski definition) is 4. The van der Waals surface area contributed by atoms with Crippen molar-refractivity contribution in [2.45, 2.75) is 38.3 Å². The van der Waals surface area contributed by atoms with Gasteiger partial charge in [-0.05, 0) is 26.7 Å². The Bertz CT molecular complexity index is 250. The van der Waals surface area contributed by atoms with Crippen molar-refractivity contribution in [1.29, 1.82) is 0 Å². The Kier molecular flexibility index (Phi) is 5.36. The maximum atomic E-state index is 12.2. The zero-order valence-corrected chi connectivity index (χ0v) is 11.1. The smallest absolute Gasteiger partial charge is 0.242 e. The summed E-state index contributed by atoms with van der Waals surface area (Å²) < 4.78 is 10.7. The fraction of sp³-hybridized carbons (Fsp3) is 0.917. The van der Waals surface area contributed by atoms with Crippen LogP contribution in [0.2, 0.25) is 0 Å². The van der Waals surface area contributed by atoms with Crippen LogP contribution in [0.15, 0.2) is 0 Å². The van der Waals surface area contributed by atoms with E-state index in [1.807, 2.05) is 13.8 Å². The second-order valence-corrected chi connectivity index (χ2v) is 4.91. The Balaban J connectivity index is 2.39. The van der Waals surface area contributed by atoms with Crippen LogP contribution in [0, 0.1) is 0 Å². The molecule has 0 saturated carbocycles. The van der Waals surface area contributed by atoms with Crippen LogP contribution < -0.4 is 5.73 Å². The van der Waals surface area contributed by atoms with Crippen molar-refractivity contribution in [2.75, 3.05) is 33.4 Å². The van der Waals surface area contributed by atoms with Gasteiger partial charge in [0.2, 0.25) is 5.91 Å². The first kappa shape index (κ1) is 14.4. The van der Waals surface area contributed by atoms with E-state index in [1.165, 1.54) is 0 Å². The molecule has 1 heterocycles. The van der Waals surface area contributed by atoms with E-state index in [0.717, 1.165) is 0 Å². The van der Waals surface area contributed by atoms with Gasteiger partial charge in [0.05, 0.1) is 18.2 Å². The Labute approximate surface area is 103 Å². The van der Waals surface area contributed by atoms with E-state index in [-0.39, 0.29) is 12.0 Å². The lowest BCUT2D eigenvalue weighted by Gasteiger charge is -2.35. The van der Waals surface area contributed by atoms with Crippen molar-refractivity contribution in [2.24, 2.45) is 5.73 Å². The Hall–Kier alpha value is -0.650. The first-order valence-corrected chi connectivity index (χ1v) is 6.19. The first-order valence-electron chi connectivity index (χ1n) is 6.19. The molecule has 2 N–H and O–H groups in total. The van der Waals surface area contributed by atoms with E-state index in [9.17, 15) is 4.79 Å². The molecule has 5 heteroatoms. The molecule has 1 aliphatic rings. The van der Waals surface area contributed by atoms with Gasteiger partial charge in [-0.3, -0.25) is 4.79 Å². The van der Waals surface area contributed by atoms with Gasteiger partial charge in [-0.25, -0.2) is 0 Å². The summed E-state index contributed by atoms with van der Waals surface area (Å²) in [5, 5.41) is 0. The van der Waals surface area contributed by atoms with Crippen LogP contribution in [0.3, 0.4) is 0 Å². The number of rotatable bonds is 5. The molecule has 1 saturated heterocycles. The average molecular weight is 244 g/mol. The fourth-order valence-electron chi connectivity index (χ4n) is 1.86. The molecule has 17 heavy (non-hydrogen) atoms. The fourth-order valence-corrected chi connectivity index (χ4v) is 1.86. The quantitative estimate of drug-likeness (QED) is 0.759. The summed E-state index contributed by atoms with van der Waals surface area (Å²) in [5.74, 6) is -0.00634. The van der Waals surface area contributed by atoms with E-state index in [0.29, 0.717) is 39.2 Å². The van der Waals surface area contributed by atoms with Gasteiger partial charge in [0, 0.05) is 26.8 Å². The van der Waals surface area contributed by atoms with Gasteiger partial charge in [-0.2, -0.15) is 0 Å². The maximum Gasteiger partial charge on any atom is 0.242 e. The molecule has 0 aromatic heterocycles. The number of nitrogens with two attached hydrogens (primary N) is 1. The summed E-state index contributed by atoms with van der Waals surface area (Å²) in [5.41, 5.74) is 5.38. The minimum atomic E-state index is -0.745. The van der Waals surface area contributed by atoms with Crippen molar-refractivity contribution in [3.05, 3.63) is 0 Å². The van der Waals surface area contributed by atoms with Crippen molar-refractivity contribution >= 4 is 5.91 Å². The number of amides is 1. The van der Waals surface area contributed by atoms with Crippen LogP contribution in [-0.4, -0.2) is 55.9 Å². The van der Waals surface area contributed by atoms with Crippen LogP contribution in [-0.2, 0) is 14.3 Å². The first-order chi connectivity index (χ1) is 7.96. The molecule has 0 aromatic rings. The van der Waals surface area contributed by atoms with Crippen LogP contribution in [0.5, 0.6) is 0 Å². The molecular formula is C12H24N2O3. The molecule has 0 bridgehead atoms. The number of likely N-dealkylation sites (N-methyl/N-ethyl adjacent to an activating group) is 1. The summed E-state index contributed by atoms with van der Waals surface area (Å²) in [4.78, 5) is 13.8. The molecule has 0 aromatic carbocycles. The number of carbonyl (C=O) groups excluding carboxylic acids is 1. The van der Waals surface area contributed by atoms with Crippen molar-refractivity contribution in [3.8, 4) is 0 Å². The van der Waals surface area contributed by atoms with Gasteiger partial charge in [0.1, 0.15) is 0 Å². The highest BCUT2D eigenvalue weighted by Gasteiger charge is 2.37. The predicted molar refractivity (Wildman–Crippen MR) is 65.7 cm³/mol. The van der Waals surface area contributed by atoms with Gasteiger partial charge < -0.3 is 20.1 Å². The molecule has 1 aliphatic heterocycles. The Morgan fingerprint density at radius 2 is 2.06 bits per heavy atom. The third kappa shape index (κ3) is 4.26. The molecule has 5 nitrogen and oxygen atoms in total. The molecule has 0 unspecified atom stereocenters. The largest absolute Gasteiger partial charge is 0.381 e. The zero-order chi connectivity index (χ0) is 12.9. The lowest BCUT2D eigenvalue weighted by atomic mass is 9.90. The van der Waals surface area contributed by atoms with Gasteiger partial charge in [0.25, 0.3) is 0 Å². The molecule has 1 rings (SSSR count). The zero-order valence-electron chi connectivity index (χ0n) is 11.1. The number of hydrogen-bond donors (Lipinski definition) is 1. The SMILES string of the molecule is CC(C)OCCN(C)C(=O)C1(N)CCOCC1. The third-order valence-electron chi connectivity index (χ3n) is 3.04. The van der Waals surface area contributed by atoms with Crippen molar-refractivity contribution < 1.29 is 14.3 Å². The Morgan fingerprint density at radius 1 is 1.47 bits per heavy atom. The highest BCUT2D eigenvalue weighted by atomic mass is 16.5. The molecule has 0 spiro atoms. The van der Waals surface area contributed by atoms with Crippen LogP contribution in [0.4, 0.5) is 0 Å². The van der Waals surface area contributed by atoms with Crippen LogP contribution >= 0.6 is 0 Å². The standard InChI is InChI=1S/C12H24N2O3/c1-10(2)17-9-6-14(3)11(15)12(13)4-7-16-8-5-12/h10H,4-9,13H2,1-3H3. The van der Waals surface area contributed by atoms with Gasteiger partial charge in [0.15, 0.2) is 0 Å². The molecule has 0 aliphatic carbocycles. The van der Waals surface area contributed by atoms with E-state index in [1.54, 1.807) is 11.9 Å². The summed E-state index contributed by atoms with van der Waals surface area (Å²) in [6.07, 6.45) is 1.39. The number of nitrogens with zero attached hydrogens (tertiary/aromatic N) is 1. The lowest BCUT2D eigenvalue weighted by Crippen LogP contribution is -2.57. The van der Waals surface area contributed by atoms with E-state index >= 15 is 0 Å². The molecule has 1 amide bonds. The maximum absolute atomic E-state index is 12.2. The monoisotopic (exact) mass is 244 g/mol. The van der Waals surface area contributed by atoms with Gasteiger partial charge in [-0.1, -0.05) is 0 Å². The topological polar surface area (TPSA) is 64.8 Å². The second kappa shape index (κ2) is 6.33. The predicted octanol–water partition coefficient (Wildman–Crippen LogP) is 0.378. The third-order valence-corrected chi connectivity index (χ3v) is 3.04. The lowest BCUT2D eigenvalue weighted by molar-refractivity contribution is -0.140. The van der Waals surface area contributed by atoms with E-state index in [4.69, 9.17) is 15.2 Å². The second-order valence-electron chi connectivity index (χ2n) is 4.91. The number of ether oxygens (including phenoxy) is 2. The van der Waals surface area contributed by atoms with Crippen molar-refractivity contribution in [3.63, 3.8) is 0 Å². The molecule has 1 fully saturated rings. The molecular weight excluding hydrogens is 220 g/mol. The summed E-state index contributed by atoms with van der Waals surface area (Å²) in [7, 11) is 1.77. The molecule has 100 valence electrons. The highest BCUT2D eigenvalue weighted by molar-refractivity contribution is 5.86. The molecule has 0 atom stereocenters. The highest BCUT2D eigenvalue weighted by Crippen LogP contribution is 2.19. The van der Waals surface area contributed by atoms with Gasteiger partial charge >= 0.3 is 0 Å². The van der Waals surface area contributed by atoms with E-state index in [2.05, 4.69) is 0 Å². The van der Waals surface area contributed by atoms with Crippen molar-refractivity contribution in [1.82, 2.24) is 4.90 Å². The van der Waals surface area contributed by atoms with Crippen LogP contribution in [0.1, 0.15) is 26.7 Å². The van der Waals surface area contributed by atoms with Crippen LogP contribution in [0.25, 0.3) is 0 Å². The minimum Gasteiger partial charge on any atom is -0.381 e.